The zero-order valence-electron chi connectivity index (χ0n) is 11.2. The van der Waals surface area contributed by atoms with E-state index >= 15 is 0 Å². The van der Waals surface area contributed by atoms with Crippen LogP contribution < -0.4 is 9.47 Å². The molecule has 0 unspecified atom stereocenters. The van der Waals surface area contributed by atoms with E-state index in [9.17, 15) is 5.11 Å². The van der Waals surface area contributed by atoms with Crippen LogP contribution in [0.3, 0.4) is 0 Å². The summed E-state index contributed by atoms with van der Waals surface area (Å²) in [6.45, 7) is 2.73. The van der Waals surface area contributed by atoms with Crippen LogP contribution in [0, 0.1) is 0 Å². The van der Waals surface area contributed by atoms with Crippen LogP contribution in [-0.2, 0) is 13.2 Å². The average Bonchev–Trinajstić information content (AvgIpc) is 2.46. The van der Waals surface area contributed by atoms with Gasteiger partial charge in [0, 0.05) is 28.0 Å². The molecule has 0 saturated heterocycles. The lowest BCUT2D eigenvalue weighted by molar-refractivity contribution is 0.243. The Morgan fingerprint density at radius 2 is 2.10 bits per heavy atom. The highest BCUT2D eigenvalue weighted by Gasteiger charge is 2.10. The van der Waals surface area contributed by atoms with Crippen molar-refractivity contribution < 1.29 is 14.6 Å². The predicted molar refractivity (Wildman–Crippen MR) is 79.8 cm³/mol. The fraction of sp³-hybridized carbons (Fsp3) is 0.267. The van der Waals surface area contributed by atoms with Crippen molar-refractivity contribution in [3.63, 3.8) is 0 Å². The molecule has 1 N–H and O–H groups in total. The minimum Gasteiger partial charge on any atom is -0.490 e. The summed E-state index contributed by atoms with van der Waals surface area (Å²) >= 11 is 3.37. The number of rotatable bonds is 6. The third-order valence-corrected chi connectivity index (χ3v) is 3.11. The highest BCUT2D eigenvalue weighted by molar-refractivity contribution is 9.10. The number of hydrogen-bond donors (Lipinski definition) is 1. The van der Waals surface area contributed by atoms with E-state index in [0.29, 0.717) is 30.3 Å². The van der Waals surface area contributed by atoms with Crippen LogP contribution in [0.4, 0.5) is 0 Å². The standard InChI is InChI=1S/C15H16BrNO3/c1-2-19-14-5-3-4-12(9-18)15(14)20-10-11-6-13(16)8-17-7-11/h3-8,18H,2,9-10H2,1H3. The Labute approximate surface area is 126 Å². The zero-order chi connectivity index (χ0) is 14.4. The van der Waals surface area contributed by atoms with E-state index in [1.165, 1.54) is 0 Å². The number of benzene rings is 1. The van der Waals surface area contributed by atoms with Crippen LogP contribution in [0.1, 0.15) is 18.1 Å². The summed E-state index contributed by atoms with van der Waals surface area (Å²) in [5.41, 5.74) is 1.65. The van der Waals surface area contributed by atoms with Gasteiger partial charge in [0.05, 0.1) is 13.2 Å². The molecule has 0 radical (unpaired) electrons. The highest BCUT2D eigenvalue weighted by atomic mass is 79.9. The van der Waals surface area contributed by atoms with E-state index in [1.54, 1.807) is 12.4 Å². The Kier molecular flexibility index (Phi) is 5.38. The summed E-state index contributed by atoms with van der Waals surface area (Å²) in [5.74, 6) is 1.22. The number of halogens is 1. The van der Waals surface area contributed by atoms with Crippen molar-refractivity contribution in [1.29, 1.82) is 0 Å². The molecule has 106 valence electrons. The van der Waals surface area contributed by atoms with Gasteiger partial charge in [-0.2, -0.15) is 0 Å². The first-order valence-corrected chi connectivity index (χ1v) is 7.11. The second-order valence-electron chi connectivity index (χ2n) is 4.14. The molecule has 20 heavy (non-hydrogen) atoms. The third-order valence-electron chi connectivity index (χ3n) is 2.68. The quantitative estimate of drug-likeness (QED) is 0.878. The van der Waals surface area contributed by atoms with Gasteiger partial charge < -0.3 is 14.6 Å². The summed E-state index contributed by atoms with van der Waals surface area (Å²) in [6, 6.07) is 7.42. The van der Waals surface area contributed by atoms with E-state index in [0.717, 1.165) is 10.0 Å². The zero-order valence-corrected chi connectivity index (χ0v) is 12.8. The molecule has 0 saturated carbocycles. The van der Waals surface area contributed by atoms with E-state index < -0.39 is 0 Å². The highest BCUT2D eigenvalue weighted by Crippen LogP contribution is 2.32. The minimum atomic E-state index is -0.0903. The summed E-state index contributed by atoms with van der Waals surface area (Å²) in [6.07, 6.45) is 3.46. The summed E-state index contributed by atoms with van der Waals surface area (Å²) in [5, 5.41) is 9.40. The number of aliphatic hydroxyl groups is 1. The number of nitrogens with zero attached hydrogens (tertiary/aromatic N) is 1. The maximum atomic E-state index is 9.40. The monoisotopic (exact) mass is 337 g/mol. The fourth-order valence-corrected chi connectivity index (χ4v) is 2.22. The number of aliphatic hydroxyl groups excluding tert-OH is 1. The van der Waals surface area contributed by atoms with Crippen LogP contribution in [0.25, 0.3) is 0 Å². The Bertz CT molecular complexity index is 575. The first-order valence-electron chi connectivity index (χ1n) is 6.32. The van der Waals surface area contributed by atoms with Gasteiger partial charge in [-0.1, -0.05) is 12.1 Å². The first kappa shape index (κ1) is 14.8. The SMILES string of the molecule is CCOc1cccc(CO)c1OCc1cncc(Br)c1. The van der Waals surface area contributed by atoms with Crippen molar-refractivity contribution >= 4 is 15.9 Å². The molecule has 0 aliphatic rings. The molecule has 0 aliphatic carbocycles. The van der Waals surface area contributed by atoms with Gasteiger partial charge in [0.1, 0.15) is 6.61 Å². The molecule has 0 spiro atoms. The molecule has 0 bridgehead atoms. The van der Waals surface area contributed by atoms with Crippen molar-refractivity contribution in [2.24, 2.45) is 0 Å². The smallest absolute Gasteiger partial charge is 0.167 e. The van der Waals surface area contributed by atoms with Crippen molar-refractivity contribution in [2.45, 2.75) is 20.1 Å². The number of aromatic nitrogens is 1. The van der Waals surface area contributed by atoms with Gasteiger partial charge in [0.2, 0.25) is 0 Å². The number of ether oxygens (including phenoxy) is 2. The second kappa shape index (κ2) is 7.26. The molecule has 4 nitrogen and oxygen atoms in total. The van der Waals surface area contributed by atoms with Crippen molar-refractivity contribution in [1.82, 2.24) is 4.98 Å². The van der Waals surface area contributed by atoms with Gasteiger partial charge in [0.15, 0.2) is 11.5 Å². The molecule has 1 aromatic heterocycles. The number of pyridine rings is 1. The maximum Gasteiger partial charge on any atom is 0.167 e. The van der Waals surface area contributed by atoms with Gasteiger partial charge >= 0.3 is 0 Å². The topological polar surface area (TPSA) is 51.6 Å². The Hall–Kier alpha value is -1.59. The largest absolute Gasteiger partial charge is 0.490 e. The fourth-order valence-electron chi connectivity index (χ4n) is 1.81. The molecule has 5 heteroatoms. The molecule has 0 amide bonds. The van der Waals surface area contributed by atoms with Crippen LogP contribution >= 0.6 is 15.9 Å². The van der Waals surface area contributed by atoms with Gasteiger partial charge in [-0.3, -0.25) is 4.98 Å². The lowest BCUT2D eigenvalue weighted by Gasteiger charge is -2.15. The van der Waals surface area contributed by atoms with E-state index in [1.807, 2.05) is 31.2 Å². The normalized spacial score (nSPS) is 10.3. The molecule has 1 aromatic carbocycles. The Morgan fingerprint density at radius 1 is 1.25 bits per heavy atom. The van der Waals surface area contributed by atoms with E-state index in [4.69, 9.17) is 9.47 Å². The summed E-state index contributed by atoms with van der Waals surface area (Å²) < 4.78 is 12.2. The van der Waals surface area contributed by atoms with Gasteiger partial charge in [-0.25, -0.2) is 0 Å². The summed E-state index contributed by atoms with van der Waals surface area (Å²) in [4.78, 5) is 4.09. The van der Waals surface area contributed by atoms with E-state index in [2.05, 4.69) is 20.9 Å². The molecule has 2 aromatic rings. The van der Waals surface area contributed by atoms with Crippen molar-refractivity contribution in [3.05, 3.63) is 52.3 Å². The maximum absolute atomic E-state index is 9.40. The first-order chi connectivity index (χ1) is 9.74. The molecular formula is C15H16BrNO3. The lowest BCUT2D eigenvalue weighted by atomic mass is 10.2. The Morgan fingerprint density at radius 3 is 2.80 bits per heavy atom. The lowest BCUT2D eigenvalue weighted by Crippen LogP contribution is -2.03. The van der Waals surface area contributed by atoms with Crippen LogP contribution in [0.15, 0.2) is 41.1 Å². The van der Waals surface area contributed by atoms with Crippen LogP contribution in [0.2, 0.25) is 0 Å². The van der Waals surface area contributed by atoms with Gasteiger partial charge in [-0.15, -0.1) is 0 Å². The molecule has 2 rings (SSSR count). The van der Waals surface area contributed by atoms with Crippen molar-refractivity contribution in [3.8, 4) is 11.5 Å². The predicted octanol–water partition coefficient (Wildman–Crippen LogP) is 3.31. The van der Waals surface area contributed by atoms with Crippen LogP contribution in [0.5, 0.6) is 11.5 Å². The number of hydrogen-bond acceptors (Lipinski definition) is 4. The van der Waals surface area contributed by atoms with Gasteiger partial charge in [0.25, 0.3) is 0 Å². The van der Waals surface area contributed by atoms with E-state index in [-0.39, 0.29) is 6.61 Å². The number of para-hydroxylation sites is 1. The minimum absolute atomic E-state index is 0.0903. The molecule has 0 atom stereocenters. The van der Waals surface area contributed by atoms with Crippen LogP contribution in [-0.4, -0.2) is 16.7 Å². The Balaban J connectivity index is 2.19. The molecule has 0 aliphatic heterocycles. The van der Waals surface area contributed by atoms with Crippen molar-refractivity contribution in [2.75, 3.05) is 6.61 Å². The van der Waals surface area contributed by atoms with Gasteiger partial charge in [-0.05, 0) is 35.0 Å². The second-order valence-corrected chi connectivity index (χ2v) is 5.05. The molecular weight excluding hydrogens is 322 g/mol. The molecule has 0 fully saturated rings. The molecule has 1 heterocycles. The average molecular weight is 338 g/mol. The summed E-state index contributed by atoms with van der Waals surface area (Å²) in [7, 11) is 0. The third kappa shape index (κ3) is 3.71.